The molecule has 1 aliphatic carbocycles. The monoisotopic (exact) mass is 282 g/mol. The van der Waals surface area contributed by atoms with E-state index in [0.29, 0.717) is 11.3 Å². The number of nitrogens with one attached hydrogen (secondary N) is 1. The van der Waals surface area contributed by atoms with E-state index in [1.54, 1.807) is 18.2 Å². The molecule has 6 heteroatoms. The van der Waals surface area contributed by atoms with E-state index in [2.05, 4.69) is 0 Å². The van der Waals surface area contributed by atoms with Gasteiger partial charge in [0.25, 0.3) is 5.92 Å². The highest BCUT2D eigenvalue weighted by Crippen LogP contribution is 2.58. The molecule has 0 aromatic heterocycles. The van der Waals surface area contributed by atoms with E-state index < -0.39 is 11.8 Å². The predicted octanol–water partition coefficient (Wildman–Crippen LogP) is 3.13. The minimum Gasteiger partial charge on any atom is -0.278 e. The van der Waals surface area contributed by atoms with Gasteiger partial charge in [-0.05, 0) is 24.1 Å². The van der Waals surface area contributed by atoms with Gasteiger partial charge in [0.15, 0.2) is 5.17 Å². The molecule has 1 aromatic rings. The quantitative estimate of drug-likeness (QED) is 0.905. The molecular formula is C13H12F2N2OS. The number of thioether (sulfide) groups is 1. The molecule has 0 bridgehead atoms. The van der Waals surface area contributed by atoms with Crippen LogP contribution in [-0.4, -0.2) is 22.8 Å². The number of carbonyl (C=O) groups excluding carboxylic acids is 1. The Balaban J connectivity index is 2.07. The van der Waals surface area contributed by atoms with Gasteiger partial charge < -0.3 is 0 Å². The summed E-state index contributed by atoms with van der Waals surface area (Å²) in [6.45, 7) is 1.84. The second kappa shape index (κ2) is 4.03. The van der Waals surface area contributed by atoms with Crippen LogP contribution in [0.4, 0.5) is 14.5 Å². The van der Waals surface area contributed by atoms with Gasteiger partial charge in [0.05, 0.1) is 17.4 Å². The number of rotatable bonds is 2. The first kappa shape index (κ1) is 12.6. The molecule has 2 fully saturated rings. The summed E-state index contributed by atoms with van der Waals surface area (Å²) >= 11 is 1.13. The number of hydrogen-bond donors (Lipinski definition) is 1. The van der Waals surface area contributed by atoms with Crippen LogP contribution in [-0.2, 0) is 4.79 Å². The lowest BCUT2D eigenvalue weighted by molar-refractivity contribution is -0.115. The number of carbonyl (C=O) groups is 1. The van der Waals surface area contributed by atoms with Crippen molar-refractivity contribution in [3.63, 3.8) is 0 Å². The molecule has 3 rings (SSSR count). The number of hydrogen-bond acceptors (Lipinski definition) is 3. The molecule has 19 heavy (non-hydrogen) atoms. The molecular weight excluding hydrogens is 270 g/mol. The molecule has 0 radical (unpaired) electrons. The Morgan fingerprint density at radius 1 is 1.47 bits per heavy atom. The maximum absolute atomic E-state index is 13.3. The van der Waals surface area contributed by atoms with Crippen molar-refractivity contribution in [3.8, 4) is 0 Å². The van der Waals surface area contributed by atoms with Crippen molar-refractivity contribution >= 4 is 28.5 Å². The molecule has 100 valence electrons. The van der Waals surface area contributed by atoms with Crippen molar-refractivity contribution < 1.29 is 13.6 Å². The van der Waals surface area contributed by atoms with E-state index in [1.165, 1.54) is 4.90 Å². The van der Waals surface area contributed by atoms with Crippen LogP contribution in [0.1, 0.15) is 23.5 Å². The van der Waals surface area contributed by atoms with E-state index in [0.717, 1.165) is 17.3 Å². The SMILES string of the molecule is Cc1ccc(C2CC2(F)F)c(N2C(=N)SCC2=O)c1. The van der Waals surface area contributed by atoms with Gasteiger partial charge in [-0.1, -0.05) is 23.9 Å². The average Bonchev–Trinajstić information content (AvgIpc) is 2.82. The third kappa shape index (κ3) is 2.04. The zero-order chi connectivity index (χ0) is 13.8. The summed E-state index contributed by atoms with van der Waals surface area (Å²) in [5.74, 6) is -3.52. The third-order valence-electron chi connectivity index (χ3n) is 3.41. The Morgan fingerprint density at radius 3 is 2.68 bits per heavy atom. The van der Waals surface area contributed by atoms with Gasteiger partial charge in [0.1, 0.15) is 0 Å². The van der Waals surface area contributed by atoms with E-state index in [-0.39, 0.29) is 23.2 Å². The molecule has 1 amide bonds. The molecule has 1 atom stereocenters. The van der Waals surface area contributed by atoms with Crippen LogP contribution in [0, 0.1) is 12.3 Å². The maximum Gasteiger partial charge on any atom is 0.256 e. The largest absolute Gasteiger partial charge is 0.278 e. The summed E-state index contributed by atoms with van der Waals surface area (Å²) in [7, 11) is 0. The molecule has 1 saturated heterocycles. The lowest BCUT2D eigenvalue weighted by atomic mass is 10.0. The smallest absolute Gasteiger partial charge is 0.256 e. The minimum atomic E-state index is -2.68. The predicted molar refractivity (Wildman–Crippen MR) is 71.2 cm³/mol. The summed E-state index contributed by atoms with van der Waals surface area (Å²) in [5.41, 5.74) is 1.80. The highest BCUT2D eigenvalue weighted by molar-refractivity contribution is 8.15. The number of amides is 1. The molecule has 1 aromatic carbocycles. The summed E-state index contributed by atoms with van der Waals surface area (Å²) in [6.07, 6.45) is -0.175. The normalized spacial score (nSPS) is 25.0. The minimum absolute atomic E-state index is 0.112. The van der Waals surface area contributed by atoms with Gasteiger partial charge >= 0.3 is 0 Å². The maximum atomic E-state index is 13.3. The first-order valence-corrected chi connectivity index (χ1v) is 6.91. The number of benzene rings is 1. The van der Waals surface area contributed by atoms with Crippen LogP contribution in [0.25, 0.3) is 0 Å². The fourth-order valence-electron chi connectivity index (χ4n) is 2.31. The molecule has 2 aliphatic rings. The summed E-state index contributed by atoms with van der Waals surface area (Å²) in [4.78, 5) is 13.1. The Hall–Kier alpha value is -1.43. The molecule has 1 N–H and O–H groups in total. The lowest BCUT2D eigenvalue weighted by Gasteiger charge is -2.19. The molecule has 1 heterocycles. The number of aryl methyl sites for hydroxylation is 1. The summed E-state index contributed by atoms with van der Waals surface area (Å²) in [5, 5.41) is 7.89. The van der Waals surface area contributed by atoms with Crippen LogP contribution < -0.4 is 4.90 Å². The second-order valence-corrected chi connectivity index (χ2v) is 5.87. The topological polar surface area (TPSA) is 44.2 Å². The Bertz CT molecular complexity index is 572. The summed E-state index contributed by atoms with van der Waals surface area (Å²) in [6, 6.07) is 5.13. The van der Waals surface area contributed by atoms with Crippen molar-refractivity contribution in [1.82, 2.24) is 0 Å². The van der Waals surface area contributed by atoms with Gasteiger partial charge in [-0.15, -0.1) is 0 Å². The number of amidine groups is 1. The van der Waals surface area contributed by atoms with E-state index >= 15 is 0 Å². The fraction of sp³-hybridized carbons (Fsp3) is 0.385. The Kier molecular flexibility index (Phi) is 2.67. The zero-order valence-electron chi connectivity index (χ0n) is 10.2. The average molecular weight is 282 g/mol. The number of halogens is 2. The van der Waals surface area contributed by atoms with E-state index in [1.807, 2.05) is 6.92 Å². The van der Waals surface area contributed by atoms with Crippen LogP contribution in [0.5, 0.6) is 0 Å². The first-order chi connectivity index (χ1) is 8.90. The molecule has 3 nitrogen and oxygen atoms in total. The van der Waals surface area contributed by atoms with Crippen LogP contribution >= 0.6 is 11.8 Å². The second-order valence-electron chi connectivity index (χ2n) is 4.90. The highest BCUT2D eigenvalue weighted by atomic mass is 32.2. The third-order valence-corrected chi connectivity index (χ3v) is 4.26. The highest BCUT2D eigenvalue weighted by Gasteiger charge is 2.58. The Morgan fingerprint density at radius 2 is 2.16 bits per heavy atom. The number of alkyl halides is 2. The van der Waals surface area contributed by atoms with E-state index in [9.17, 15) is 13.6 Å². The van der Waals surface area contributed by atoms with Crippen LogP contribution in [0.2, 0.25) is 0 Å². The van der Waals surface area contributed by atoms with Crippen LogP contribution in [0.15, 0.2) is 18.2 Å². The molecule has 1 saturated carbocycles. The molecule has 1 aliphatic heterocycles. The van der Waals surface area contributed by atoms with E-state index in [4.69, 9.17) is 5.41 Å². The van der Waals surface area contributed by atoms with Gasteiger partial charge in [-0.25, -0.2) is 8.78 Å². The zero-order valence-corrected chi connectivity index (χ0v) is 11.1. The molecule has 0 spiro atoms. The lowest BCUT2D eigenvalue weighted by Crippen LogP contribution is -2.29. The van der Waals surface area contributed by atoms with Crippen molar-refractivity contribution in [2.24, 2.45) is 0 Å². The number of anilines is 1. The van der Waals surface area contributed by atoms with Crippen molar-refractivity contribution in [2.75, 3.05) is 10.7 Å². The van der Waals surface area contributed by atoms with Crippen molar-refractivity contribution in [1.29, 1.82) is 5.41 Å². The van der Waals surface area contributed by atoms with Crippen molar-refractivity contribution in [3.05, 3.63) is 29.3 Å². The molecule has 1 unspecified atom stereocenters. The van der Waals surface area contributed by atoms with Gasteiger partial charge in [0, 0.05) is 6.42 Å². The fourth-order valence-corrected chi connectivity index (χ4v) is 3.03. The van der Waals surface area contributed by atoms with Gasteiger partial charge in [-0.3, -0.25) is 15.1 Å². The standard InChI is InChI=1S/C13H12F2N2OS/c1-7-2-3-8(9-5-13(9,14)15)10(4-7)17-11(18)6-19-12(17)16/h2-4,9,16H,5-6H2,1H3. The summed E-state index contributed by atoms with van der Waals surface area (Å²) < 4.78 is 26.6. The van der Waals surface area contributed by atoms with Crippen LogP contribution in [0.3, 0.4) is 0 Å². The Labute approximate surface area is 113 Å². The first-order valence-electron chi connectivity index (χ1n) is 5.93. The van der Waals surface area contributed by atoms with Gasteiger partial charge in [-0.2, -0.15) is 0 Å². The van der Waals surface area contributed by atoms with Crippen molar-refractivity contribution in [2.45, 2.75) is 25.2 Å². The number of nitrogens with zero attached hydrogens (tertiary/aromatic N) is 1. The van der Waals surface area contributed by atoms with Gasteiger partial charge in [0.2, 0.25) is 5.91 Å².